The summed E-state index contributed by atoms with van der Waals surface area (Å²) in [4.78, 5) is 12.3. The molecule has 20 heavy (non-hydrogen) atoms. The Bertz CT molecular complexity index is 494. The Kier molecular flexibility index (Phi) is 3.82. The summed E-state index contributed by atoms with van der Waals surface area (Å²) in [5.41, 5.74) is 2.23. The van der Waals surface area contributed by atoms with Gasteiger partial charge in [-0.15, -0.1) is 0 Å². The largest absolute Gasteiger partial charge is 0.326 e. The van der Waals surface area contributed by atoms with Crippen molar-refractivity contribution in [3.8, 4) is 0 Å². The molecule has 2 saturated carbocycles. The monoisotopic (exact) mass is 271 g/mol. The molecule has 0 unspecified atom stereocenters. The molecule has 2 bridgehead atoms. The lowest BCUT2D eigenvalue weighted by Crippen LogP contribution is -2.20. The van der Waals surface area contributed by atoms with E-state index in [1.54, 1.807) is 0 Å². The minimum absolute atomic E-state index is 0.204. The summed E-state index contributed by atoms with van der Waals surface area (Å²) in [5.74, 6) is 3.02. The van der Waals surface area contributed by atoms with Crippen LogP contribution >= 0.6 is 0 Å². The highest BCUT2D eigenvalue weighted by molar-refractivity contribution is 5.91. The zero-order valence-corrected chi connectivity index (χ0v) is 12.6. The molecule has 2 fully saturated rings. The molecule has 2 nitrogen and oxygen atoms in total. The quantitative estimate of drug-likeness (QED) is 0.853. The molecule has 3 atom stereocenters. The number of nitrogens with one attached hydrogen (secondary N) is 1. The van der Waals surface area contributed by atoms with Gasteiger partial charge in [-0.1, -0.05) is 38.5 Å². The predicted molar refractivity (Wildman–Crippen MR) is 82.7 cm³/mol. The van der Waals surface area contributed by atoms with Crippen LogP contribution in [-0.2, 0) is 4.79 Å². The molecular weight excluding hydrogens is 246 g/mol. The van der Waals surface area contributed by atoms with Crippen molar-refractivity contribution in [2.75, 3.05) is 5.32 Å². The predicted octanol–water partition coefficient (Wildman–Crippen LogP) is 4.57. The third-order valence-electron chi connectivity index (χ3n) is 5.19. The van der Waals surface area contributed by atoms with E-state index < -0.39 is 0 Å². The standard InChI is InChI=1S/C18H25NO/c1-12(2)16-5-3-4-6-17(16)19-18(20)11-15-10-13-7-8-14(15)9-13/h3-6,12-15H,7-11H2,1-2H3,(H,19,20)/t13-,14+,15-/m0/s1. The van der Waals surface area contributed by atoms with E-state index in [-0.39, 0.29) is 5.91 Å². The highest BCUT2D eigenvalue weighted by Crippen LogP contribution is 2.49. The van der Waals surface area contributed by atoms with E-state index >= 15 is 0 Å². The fourth-order valence-corrected chi connectivity index (χ4v) is 4.18. The number of para-hydroxylation sites is 1. The van der Waals surface area contributed by atoms with Gasteiger partial charge in [0.2, 0.25) is 5.91 Å². The molecule has 3 rings (SSSR count). The number of anilines is 1. The van der Waals surface area contributed by atoms with Gasteiger partial charge in [-0.25, -0.2) is 0 Å². The van der Waals surface area contributed by atoms with Crippen molar-refractivity contribution in [3.05, 3.63) is 29.8 Å². The molecule has 0 aromatic heterocycles. The van der Waals surface area contributed by atoms with Gasteiger partial charge in [0.1, 0.15) is 0 Å². The maximum absolute atomic E-state index is 12.3. The molecule has 2 aliphatic carbocycles. The molecule has 0 aliphatic heterocycles. The lowest BCUT2D eigenvalue weighted by molar-refractivity contribution is -0.117. The van der Waals surface area contributed by atoms with Gasteiger partial charge in [-0.2, -0.15) is 0 Å². The molecule has 108 valence electrons. The van der Waals surface area contributed by atoms with E-state index in [0.717, 1.165) is 17.5 Å². The zero-order chi connectivity index (χ0) is 14.1. The first-order valence-electron chi connectivity index (χ1n) is 8.02. The molecule has 0 spiro atoms. The normalized spacial score (nSPS) is 28.1. The minimum atomic E-state index is 0.204. The Hall–Kier alpha value is -1.31. The third kappa shape index (κ3) is 2.74. The summed E-state index contributed by atoms with van der Waals surface area (Å²) >= 11 is 0. The number of rotatable bonds is 4. The second-order valence-electron chi connectivity index (χ2n) is 6.93. The second-order valence-corrected chi connectivity index (χ2v) is 6.93. The van der Waals surface area contributed by atoms with Gasteiger partial charge < -0.3 is 5.32 Å². The molecule has 1 aromatic carbocycles. The fraction of sp³-hybridized carbons (Fsp3) is 0.611. The van der Waals surface area contributed by atoms with Crippen molar-refractivity contribution in [1.29, 1.82) is 0 Å². The first kappa shape index (κ1) is 13.7. The zero-order valence-electron chi connectivity index (χ0n) is 12.6. The highest BCUT2D eigenvalue weighted by atomic mass is 16.1. The smallest absolute Gasteiger partial charge is 0.224 e. The van der Waals surface area contributed by atoms with Crippen LogP contribution in [0.5, 0.6) is 0 Å². The lowest BCUT2D eigenvalue weighted by Gasteiger charge is -2.21. The second kappa shape index (κ2) is 5.59. The maximum Gasteiger partial charge on any atom is 0.224 e. The molecule has 0 heterocycles. The van der Waals surface area contributed by atoms with Crippen LogP contribution in [0.4, 0.5) is 5.69 Å². The molecule has 2 aliphatic rings. The molecule has 2 heteroatoms. The van der Waals surface area contributed by atoms with Gasteiger partial charge >= 0.3 is 0 Å². The average molecular weight is 271 g/mol. The van der Waals surface area contributed by atoms with Crippen LogP contribution in [0, 0.1) is 17.8 Å². The number of benzene rings is 1. The summed E-state index contributed by atoms with van der Waals surface area (Å²) in [6.45, 7) is 4.34. The van der Waals surface area contributed by atoms with Crippen LogP contribution < -0.4 is 5.32 Å². The molecule has 0 saturated heterocycles. The molecule has 1 amide bonds. The maximum atomic E-state index is 12.3. The van der Waals surface area contributed by atoms with Gasteiger partial charge in [0, 0.05) is 12.1 Å². The first-order chi connectivity index (χ1) is 9.63. The number of carbonyl (C=O) groups is 1. The van der Waals surface area contributed by atoms with Gasteiger partial charge in [-0.3, -0.25) is 4.79 Å². The number of hydrogen-bond acceptors (Lipinski definition) is 1. The van der Waals surface area contributed by atoms with Crippen LogP contribution in [0.15, 0.2) is 24.3 Å². The van der Waals surface area contributed by atoms with Crippen LogP contribution in [0.2, 0.25) is 0 Å². The summed E-state index contributed by atoms with van der Waals surface area (Å²) in [7, 11) is 0. The Morgan fingerprint density at radius 1 is 1.25 bits per heavy atom. The van der Waals surface area contributed by atoms with E-state index in [1.165, 1.54) is 31.2 Å². The minimum Gasteiger partial charge on any atom is -0.326 e. The van der Waals surface area contributed by atoms with Crippen molar-refractivity contribution in [2.24, 2.45) is 17.8 Å². The number of hydrogen-bond donors (Lipinski definition) is 1. The van der Waals surface area contributed by atoms with E-state index in [0.29, 0.717) is 18.3 Å². The van der Waals surface area contributed by atoms with Crippen molar-refractivity contribution in [3.63, 3.8) is 0 Å². The fourth-order valence-electron chi connectivity index (χ4n) is 4.18. The van der Waals surface area contributed by atoms with Gasteiger partial charge in [0.05, 0.1) is 0 Å². The Morgan fingerprint density at radius 2 is 2.05 bits per heavy atom. The molecular formula is C18H25NO. The first-order valence-corrected chi connectivity index (χ1v) is 8.02. The number of carbonyl (C=O) groups excluding carboxylic acids is 1. The van der Waals surface area contributed by atoms with Crippen LogP contribution in [0.3, 0.4) is 0 Å². The molecule has 1 aromatic rings. The van der Waals surface area contributed by atoms with Crippen LogP contribution in [0.25, 0.3) is 0 Å². The van der Waals surface area contributed by atoms with Crippen LogP contribution in [-0.4, -0.2) is 5.91 Å². The van der Waals surface area contributed by atoms with Crippen molar-refractivity contribution in [1.82, 2.24) is 0 Å². The Labute approximate surface area is 122 Å². The van der Waals surface area contributed by atoms with Gasteiger partial charge in [0.15, 0.2) is 0 Å². The topological polar surface area (TPSA) is 29.1 Å². The van der Waals surface area contributed by atoms with E-state index in [1.807, 2.05) is 18.2 Å². The Morgan fingerprint density at radius 3 is 2.70 bits per heavy atom. The van der Waals surface area contributed by atoms with E-state index in [4.69, 9.17) is 0 Å². The molecule has 0 radical (unpaired) electrons. The van der Waals surface area contributed by atoms with Crippen molar-refractivity contribution in [2.45, 2.75) is 51.9 Å². The lowest BCUT2D eigenvalue weighted by atomic mass is 9.86. The number of fused-ring (bicyclic) bond motifs is 2. The van der Waals surface area contributed by atoms with Gasteiger partial charge in [-0.05, 0) is 54.6 Å². The van der Waals surface area contributed by atoms with E-state index in [2.05, 4.69) is 25.2 Å². The molecule has 1 N–H and O–H groups in total. The van der Waals surface area contributed by atoms with E-state index in [9.17, 15) is 4.79 Å². The summed E-state index contributed by atoms with van der Waals surface area (Å²) in [6, 6.07) is 8.17. The Balaban J connectivity index is 1.62. The summed E-state index contributed by atoms with van der Waals surface area (Å²) in [6.07, 6.45) is 6.13. The average Bonchev–Trinajstić information content (AvgIpc) is 3.01. The van der Waals surface area contributed by atoms with Crippen molar-refractivity contribution < 1.29 is 4.79 Å². The third-order valence-corrected chi connectivity index (χ3v) is 5.19. The SMILES string of the molecule is CC(C)c1ccccc1NC(=O)C[C@@H]1C[C@H]2CC[C@@H]1C2. The van der Waals surface area contributed by atoms with Crippen molar-refractivity contribution >= 4 is 11.6 Å². The highest BCUT2D eigenvalue weighted by Gasteiger charge is 2.40. The van der Waals surface area contributed by atoms with Crippen LogP contribution in [0.1, 0.15) is 57.4 Å². The summed E-state index contributed by atoms with van der Waals surface area (Å²) in [5, 5.41) is 3.14. The van der Waals surface area contributed by atoms with Gasteiger partial charge in [0.25, 0.3) is 0 Å². The summed E-state index contributed by atoms with van der Waals surface area (Å²) < 4.78 is 0. The number of amides is 1.